The molecule has 1 aromatic carbocycles. The first-order valence-electron chi connectivity index (χ1n) is 15.0. The van der Waals surface area contributed by atoms with E-state index >= 15 is 0 Å². The average Bonchev–Trinajstić information content (AvgIpc) is 3.60. The summed E-state index contributed by atoms with van der Waals surface area (Å²) in [5, 5.41) is 13.2. The minimum absolute atomic E-state index is 0.0695. The molecule has 0 radical (unpaired) electrons. The van der Waals surface area contributed by atoms with Crippen molar-refractivity contribution in [2.75, 3.05) is 26.4 Å². The van der Waals surface area contributed by atoms with Gasteiger partial charge in [-0.15, -0.1) is 0 Å². The number of fused-ring (bicyclic) bond motifs is 6. The summed E-state index contributed by atoms with van der Waals surface area (Å²) < 4.78 is 25.3. The first kappa shape index (κ1) is 25.7. The topological polar surface area (TPSA) is 57.2 Å². The lowest BCUT2D eigenvalue weighted by molar-refractivity contribution is -0.281. The fourth-order valence-electron chi connectivity index (χ4n) is 10.1. The van der Waals surface area contributed by atoms with Crippen molar-refractivity contribution < 1.29 is 24.1 Å². The van der Waals surface area contributed by atoms with Gasteiger partial charge in [0, 0.05) is 30.6 Å². The molecule has 5 fully saturated rings. The van der Waals surface area contributed by atoms with Crippen LogP contribution in [0.5, 0.6) is 0 Å². The summed E-state index contributed by atoms with van der Waals surface area (Å²) in [7, 11) is 0. The summed E-state index contributed by atoms with van der Waals surface area (Å²) in [4.78, 5) is 0. The Hall–Kier alpha value is -1.24. The molecular weight excluding hydrogens is 476 g/mol. The van der Waals surface area contributed by atoms with Gasteiger partial charge in [-0.25, -0.2) is 0 Å². The fourth-order valence-corrected chi connectivity index (χ4v) is 10.1. The molecule has 1 N–H and O–H groups in total. The number of ether oxygens (including phenoxy) is 4. The zero-order valence-corrected chi connectivity index (χ0v) is 24.0. The zero-order valence-electron chi connectivity index (χ0n) is 24.0. The Balaban J connectivity index is 1.36. The minimum Gasteiger partial charge on any atom is -0.385 e. The first-order chi connectivity index (χ1) is 18.0. The Kier molecular flexibility index (Phi) is 5.52. The Morgan fingerprint density at radius 3 is 2.18 bits per heavy atom. The highest BCUT2D eigenvalue weighted by Gasteiger charge is 2.72. The van der Waals surface area contributed by atoms with Crippen molar-refractivity contribution in [3.05, 3.63) is 47.0 Å². The van der Waals surface area contributed by atoms with Crippen LogP contribution in [0, 0.1) is 28.6 Å². The molecule has 6 aliphatic rings. The molecule has 38 heavy (non-hydrogen) atoms. The third kappa shape index (κ3) is 3.35. The van der Waals surface area contributed by atoms with Crippen molar-refractivity contribution in [1.29, 1.82) is 0 Å². The number of aliphatic hydroxyl groups is 1. The van der Waals surface area contributed by atoms with E-state index in [0.29, 0.717) is 44.7 Å². The van der Waals surface area contributed by atoms with Gasteiger partial charge >= 0.3 is 0 Å². The van der Waals surface area contributed by atoms with Crippen LogP contribution >= 0.6 is 0 Å². The van der Waals surface area contributed by atoms with E-state index in [1.165, 1.54) is 11.1 Å². The second kappa shape index (κ2) is 8.16. The van der Waals surface area contributed by atoms with Gasteiger partial charge < -0.3 is 24.1 Å². The molecule has 6 unspecified atom stereocenters. The summed E-state index contributed by atoms with van der Waals surface area (Å²) in [6, 6.07) is 8.91. The molecule has 4 aliphatic carbocycles. The van der Waals surface area contributed by atoms with Gasteiger partial charge in [-0.05, 0) is 59.5 Å². The van der Waals surface area contributed by atoms with Gasteiger partial charge in [0.05, 0.1) is 32.0 Å². The molecule has 2 aliphatic heterocycles. The number of hydrogen-bond acceptors (Lipinski definition) is 5. The van der Waals surface area contributed by atoms with E-state index in [4.69, 9.17) is 18.9 Å². The lowest BCUT2D eigenvalue weighted by atomic mass is 9.42. The number of hydrogen-bond donors (Lipinski definition) is 1. The Labute approximate surface area is 228 Å². The van der Waals surface area contributed by atoms with E-state index in [-0.39, 0.29) is 22.2 Å². The van der Waals surface area contributed by atoms with Crippen molar-refractivity contribution >= 4 is 0 Å². The van der Waals surface area contributed by atoms with Gasteiger partial charge in [0.2, 0.25) is 0 Å². The standard InChI is InChI=1S/C33H46O5/c1-28(2,3)22-6-8-23(9-7-22)32(34)21-30(5)26(12-13-33(30)37-18-19-38-33)25-11-10-24-20-31(35-16-17-36-31)15-14-29(24,4)27(25)32/h6-10,25-27,34H,11-21H2,1-5H3. The molecule has 0 bridgehead atoms. The number of allylic oxidation sites excluding steroid dienone is 1. The van der Waals surface area contributed by atoms with Gasteiger partial charge in [0.15, 0.2) is 11.6 Å². The predicted molar refractivity (Wildman–Crippen MR) is 145 cm³/mol. The number of rotatable bonds is 1. The third-order valence-electron chi connectivity index (χ3n) is 11.9. The van der Waals surface area contributed by atoms with Crippen LogP contribution in [0.15, 0.2) is 35.9 Å². The smallest absolute Gasteiger partial charge is 0.174 e. The van der Waals surface area contributed by atoms with E-state index in [0.717, 1.165) is 44.1 Å². The predicted octanol–water partition coefficient (Wildman–Crippen LogP) is 6.23. The molecule has 2 spiro atoms. The van der Waals surface area contributed by atoms with Crippen LogP contribution < -0.4 is 0 Å². The quantitative estimate of drug-likeness (QED) is 0.443. The Morgan fingerprint density at radius 1 is 0.868 bits per heavy atom. The van der Waals surface area contributed by atoms with Crippen LogP contribution in [0.2, 0.25) is 0 Å². The lowest BCUT2D eigenvalue weighted by Crippen LogP contribution is -2.64. The lowest BCUT2D eigenvalue weighted by Gasteiger charge is -2.65. The molecule has 1 aromatic rings. The van der Waals surface area contributed by atoms with E-state index in [9.17, 15) is 5.11 Å². The molecule has 5 nitrogen and oxygen atoms in total. The fraction of sp³-hybridized carbons (Fsp3) is 0.758. The summed E-state index contributed by atoms with van der Waals surface area (Å²) in [6.07, 6.45) is 8.88. The van der Waals surface area contributed by atoms with Crippen LogP contribution in [-0.2, 0) is 30.0 Å². The average molecular weight is 523 g/mol. The van der Waals surface area contributed by atoms with Crippen molar-refractivity contribution in [3.8, 4) is 0 Å². The van der Waals surface area contributed by atoms with Crippen molar-refractivity contribution in [2.45, 2.75) is 102 Å². The molecular formula is C33H46O5. The first-order valence-corrected chi connectivity index (χ1v) is 15.0. The molecule has 2 heterocycles. The van der Waals surface area contributed by atoms with E-state index < -0.39 is 17.2 Å². The van der Waals surface area contributed by atoms with Crippen molar-refractivity contribution in [1.82, 2.24) is 0 Å². The Morgan fingerprint density at radius 2 is 1.53 bits per heavy atom. The maximum Gasteiger partial charge on any atom is 0.174 e. The SMILES string of the molecule is CC(C)(C)c1ccc(C2(O)CC3(C)C(CCC34OCCO4)C3CC=C4CC5(CCC4(C)C32)OCCO5)cc1. The highest BCUT2D eigenvalue weighted by Crippen LogP contribution is 2.73. The summed E-state index contributed by atoms with van der Waals surface area (Å²) >= 11 is 0. The maximum absolute atomic E-state index is 13.2. The molecule has 3 saturated carbocycles. The van der Waals surface area contributed by atoms with Crippen LogP contribution in [0.1, 0.15) is 90.7 Å². The van der Waals surface area contributed by atoms with E-state index in [2.05, 4.69) is 65.0 Å². The summed E-state index contributed by atoms with van der Waals surface area (Å²) in [6.45, 7) is 14.2. The van der Waals surface area contributed by atoms with Gasteiger partial charge in [-0.1, -0.05) is 70.5 Å². The second-order valence-corrected chi connectivity index (χ2v) is 14.7. The second-order valence-electron chi connectivity index (χ2n) is 14.7. The highest BCUT2D eigenvalue weighted by atomic mass is 16.7. The third-order valence-corrected chi connectivity index (χ3v) is 11.9. The minimum atomic E-state index is -0.977. The Bertz CT molecular complexity index is 1120. The van der Waals surface area contributed by atoms with Crippen molar-refractivity contribution in [2.24, 2.45) is 28.6 Å². The van der Waals surface area contributed by atoms with Gasteiger partial charge in [0.1, 0.15) is 0 Å². The molecule has 6 atom stereocenters. The number of benzene rings is 1. The highest BCUT2D eigenvalue weighted by molar-refractivity contribution is 5.37. The largest absolute Gasteiger partial charge is 0.385 e. The molecule has 0 aromatic heterocycles. The monoisotopic (exact) mass is 522 g/mol. The van der Waals surface area contributed by atoms with Gasteiger partial charge in [-0.2, -0.15) is 0 Å². The van der Waals surface area contributed by atoms with Gasteiger partial charge in [-0.3, -0.25) is 0 Å². The van der Waals surface area contributed by atoms with Gasteiger partial charge in [0.25, 0.3) is 0 Å². The summed E-state index contributed by atoms with van der Waals surface area (Å²) in [5.74, 6) is -0.0688. The zero-order chi connectivity index (χ0) is 26.6. The van der Waals surface area contributed by atoms with Crippen LogP contribution in [0.25, 0.3) is 0 Å². The molecule has 0 amide bonds. The van der Waals surface area contributed by atoms with E-state index in [1.54, 1.807) is 0 Å². The maximum atomic E-state index is 13.2. The molecule has 208 valence electrons. The molecule has 5 heteroatoms. The van der Waals surface area contributed by atoms with Crippen LogP contribution in [-0.4, -0.2) is 43.1 Å². The van der Waals surface area contributed by atoms with Crippen molar-refractivity contribution in [3.63, 3.8) is 0 Å². The normalized spacial score (nSPS) is 43.1. The van der Waals surface area contributed by atoms with Crippen LogP contribution in [0.3, 0.4) is 0 Å². The van der Waals surface area contributed by atoms with Crippen LogP contribution in [0.4, 0.5) is 0 Å². The molecule has 2 saturated heterocycles. The summed E-state index contributed by atoms with van der Waals surface area (Å²) in [5.41, 5.74) is 2.53. The molecule has 7 rings (SSSR count). The van der Waals surface area contributed by atoms with E-state index in [1.807, 2.05) is 0 Å².